The van der Waals surface area contributed by atoms with Gasteiger partial charge < -0.3 is 0 Å². The van der Waals surface area contributed by atoms with E-state index < -0.39 is 0 Å². The van der Waals surface area contributed by atoms with Crippen molar-refractivity contribution in [3.8, 4) is 0 Å². The first-order valence-electron chi connectivity index (χ1n) is 12.3. The van der Waals surface area contributed by atoms with E-state index in [0.717, 1.165) is 23.7 Å². The van der Waals surface area contributed by atoms with Crippen LogP contribution < -0.4 is 0 Å². The Kier molecular flexibility index (Phi) is 8.28. The van der Waals surface area contributed by atoms with Crippen LogP contribution in [0.15, 0.2) is 18.2 Å². The van der Waals surface area contributed by atoms with Crippen molar-refractivity contribution in [2.24, 2.45) is 17.8 Å². The standard InChI is InChI=1S/C27H44/c1-4-6-7-8-9-22-10-13-24(14-11-22)26-17-16-25-19-23(18-21(3)5-2)12-15-27(25)20-26/h16-17,20-24H,4-15,18-19H2,1-3H3. The quantitative estimate of drug-likeness (QED) is 0.383. The van der Waals surface area contributed by atoms with Gasteiger partial charge in [0.2, 0.25) is 0 Å². The molecule has 1 saturated carbocycles. The van der Waals surface area contributed by atoms with Crippen molar-refractivity contribution in [1.82, 2.24) is 0 Å². The van der Waals surface area contributed by atoms with Crippen LogP contribution in [0.5, 0.6) is 0 Å². The summed E-state index contributed by atoms with van der Waals surface area (Å²) >= 11 is 0. The van der Waals surface area contributed by atoms with Crippen molar-refractivity contribution < 1.29 is 0 Å². The zero-order valence-corrected chi connectivity index (χ0v) is 18.4. The second kappa shape index (κ2) is 10.7. The molecule has 0 spiro atoms. The van der Waals surface area contributed by atoms with Crippen molar-refractivity contribution in [3.05, 3.63) is 34.9 Å². The van der Waals surface area contributed by atoms with Gasteiger partial charge in [-0.15, -0.1) is 0 Å². The average Bonchev–Trinajstić information content (AvgIpc) is 2.71. The first kappa shape index (κ1) is 20.9. The fourth-order valence-corrected chi connectivity index (χ4v) is 5.69. The largest absolute Gasteiger partial charge is 0.0654 e. The van der Waals surface area contributed by atoms with Crippen molar-refractivity contribution in [1.29, 1.82) is 0 Å². The van der Waals surface area contributed by atoms with Gasteiger partial charge >= 0.3 is 0 Å². The van der Waals surface area contributed by atoms with Crippen molar-refractivity contribution in [2.75, 3.05) is 0 Å². The Morgan fingerprint density at radius 1 is 0.889 bits per heavy atom. The molecule has 0 saturated heterocycles. The summed E-state index contributed by atoms with van der Waals surface area (Å²) in [5.41, 5.74) is 5.02. The molecule has 0 aromatic heterocycles. The molecule has 1 aromatic carbocycles. The highest BCUT2D eigenvalue weighted by molar-refractivity contribution is 5.36. The van der Waals surface area contributed by atoms with Gasteiger partial charge in [0, 0.05) is 0 Å². The maximum Gasteiger partial charge on any atom is -0.0162 e. The normalized spacial score (nSPS) is 26.6. The molecule has 2 atom stereocenters. The van der Waals surface area contributed by atoms with E-state index in [1.165, 1.54) is 89.9 Å². The van der Waals surface area contributed by atoms with E-state index in [-0.39, 0.29) is 0 Å². The van der Waals surface area contributed by atoms with Crippen LogP contribution in [0.1, 0.15) is 120 Å². The van der Waals surface area contributed by atoms with Crippen LogP contribution in [0.25, 0.3) is 0 Å². The number of aryl methyl sites for hydroxylation is 1. The highest BCUT2D eigenvalue weighted by atomic mass is 14.3. The summed E-state index contributed by atoms with van der Waals surface area (Å²) in [5, 5.41) is 0. The molecule has 2 unspecified atom stereocenters. The molecule has 2 aliphatic rings. The molecule has 0 radical (unpaired) electrons. The van der Waals surface area contributed by atoms with E-state index in [9.17, 15) is 0 Å². The highest BCUT2D eigenvalue weighted by Crippen LogP contribution is 2.39. The van der Waals surface area contributed by atoms with Gasteiger partial charge in [0.15, 0.2) is 0 Å². The van der Waals surface area contributed by atoms with Gasteiger partial charge in [0.25, 0.3) is 0 Å². The van der Waals surface area contributed by atoms with Crippen molar-refractivity contribution >= 4 is 0 Å². The second-order valence-corrected chi connectivity index (χ2v) is 9.95. The van der Waals surface area contributed by atoms with Crippen LogP contribution in [0.3, 0.4) is 0 Å². The highest BCUT2D eigenvalue weighted by Gasteiger charge is 2.24. The molecule has 0 aliphatic heterocycles. The smallest absolute Gasteiger partial charge is 0.0162 e. The summed E-state index contributed by atoms with van der Waals surface area (Å²) in [6.45, 7) is 7.09. The van der Waals surface area contributed by atoms with Gasteiger partial charge in [-0.25, -0.2) is 0 Å². The molecule has 0 heterocycles. The van der Waals surface area contributed by atoms with Crippen LogP contribution in [0.2, 0.25) is 0 Å². The third kappa shape index (κ3) is 6.10. The minimum atomic E-state index is 0.847. The lowest BCUT2D eigenvalue weighted by Gasteiger charge is -2.31. The zero-order valence-electron chi connectivity index (χ0n) is 18.4. The van der Waals surface area contributed by atoms with Gasteiger partial charge in [-0.2, -0.15) is 0 Å². The zero-order chi connectivity index (χ0) is 19.1. The van der Waals surface area contributed by atoms with E-state index >= 15 is 0 Å². The molecular weight excluding hydrogens is 324 g/mol. The number of hydrogen-bond donors (Lipinski definition) is 0. The molecule has 0 N–H and O–H groups in total. The number of rotatable bonds is 9. The number of fused-ring (bicyclic) bond motifs is 1. The average molecular weight is 369 g/mol. The molecule has 152 valence electrons. The first-order valence-corrected chi connectivity index (χ1v) is 12.3. The molecule has 27 heavy (non-hydrogen) atoms. The Balaban J connectivity index is 1.49. The van der Waals surface area contributed by atoms with Crippen LogP contribution in [0.4, 0.5) is 0 Å². The molecule has 0 amide bonds. The predicted molar refractivity (Wildman–Crippen MR) is 119 cm³/mol. The van der Waals surface area contributed by atoms with Gasteiger partial charge in [-0.1, -0.05) is 77.5 Å². The lowest BCUT2D eigenvalue weighted by atomic mass is 9.74. The molecule has 2 aliphatic carbocycles. The summed E-state index contributed by atoms with van der Waals surface area (Å²) < 4.78 is 0. The Bertz CT molecular complexity index is 549. The molecule has 1 fully saturated rings. The van der Waals surface area contributed by atoms with Crippen molar-refractivity contribution in [2.45, 2.75) is 117 Å². The number of benzene rings is 1. The maximum atomic E-state index is 2.61. The second-order valence-electron chi connectivity index (χ2n) is 9.95. The minimum Gasteiger partial charge on any atom is -0.0654 e. The Morgan fingerprint density at radius 3 is 2.44 bits per heavy atom. The Hall–Kier alpha value is -0.780. The molecule has 3 rings (SSSR count). The predicted octanol–water partition coefficient (Wildman–Crippen LogP) is 8.47. The number of hydrogen-bond acceptors (Lipinski definition) is 0. The minimum absolute atomic E-state index is 0.847. The lowest BCUT2D eigenvalue weighted by Crippen LogP contribution is -2.18. The summed E-state index contributed by atoms with van der Waals surface area (Å²) in [7, 11) is 0. The van der Waals surface area contributed by atoms with Crippen LogP contribution >= 0.6 is 0 Å². The topological polar surface area (TPSA) is 0 Å². The molecule has 0 nitrogen and oxygen atoms in total. The van der Waals surface area contributed by atoms with E-state index in [4.69, 9.17) is 0 Å². The van der Waals surface area contributed by atoms with E-state index in [2.05, 4.69) is 39.0 Å². The summed E-state index contributed by atoms with van der Waals surface area (Å²) in [5.74, 6) is 3.70. The van der Waals surface area contributed by atoms with Gasteiger partial charge in [0.05, 0.1) is 0 Å². The van der Waals surface area contributed by atoms with Crippen LogP contribution in [-0.4, -0.2) is 0 Å². The fourth-order valence-electron chi connectivity index (χ4n) is 5.69. The van der Waals surface area contributed by atoms with Crippen LogP contribution in [-0.2, 0) is 12.8 Å². The van der Waals surface area contributed by atoms with E-state index in [1.54, 1.807) is 16.7 Å². The first-order chi connectivity index (χ1) is 13.2. The molecule has 0 bridgehead atoms. The fraction of sp³-hybridized carbons (Fsp3) is 0.778. The third-order valence-corrected chi connectivity index (χ3v) is 7.78. The number of unbranched alkanes of at least 4 members (excludes halogenated alkanes) is 3. The van der Waals surface area contributed by atoms with E-state index in [1.807, 2.05) is 0 Å². The Labute approximate surface area is 169 Å². The summed E-state index contributed by atoms with van der Waals surface area (Å²) in [6, 6.07) is 7.61. The SMILES string of the molecule is CCCCCCC1CCC(c2ccc3c(c2)CCC(CC(C)CC)C3)CC1. The Morgan fingerprint density at radius 2 is 1.70 bits per heavy atom. The summed E-state index contributed by atoms with van der Waals surface area (Å²) in [6.07, 6.45) is 19.9. The molecular formula is C27H44. The van der Waals surface area contributed by atoms with Crippen molar-refractivity contribution in [3.63, 3.8) is 0 Å². The monoisotopic (exact) mass is 368 g/mol. The van der Waals surface area contributed by atoms with Crippen LogP contribution in [0, 0.1) is 17.8 Å². The van der Waals surface area contributed by atoms with Gasteiger partial charge in [0.1, 0.15) is 0 Å². The lowest BCUT2D eigenvalue weighted by molar-refractivity contribution is 0.302. The van der Waals surface area contributed by atoms with Gasteiger partial charge in [-0.3, -0.25) is 0 Å². The summed E-state index contributed by atoms with van der Waals surface area (Å²) in [4.78, 5) is 0. The van der Waals surface area contributed by atoms with E-state index in [0.29, 0.717) is 0 Å². The molecule has 1 aromatic rings. The maximum absolute atomic E-state index is 2.61. The molecule has 0 heteroatoms. The van der Waals surface area contributed by atoms with Gasteiger partial charge in [-0.05, 0) is 91.7 Å². The third-order valence-electron chi connectivity index (χ3n) is 7.78.